The maximum Gasteiger partial charge on any atom is 0.191 e. The van der Waals surface area contributed by atoms with Gasteiger partial charge in [-0.15, -0.1) is 11.3 Å². The number of guanidine groups is 1. The number of piperazine rings is 1. The molecule has 1 aliphatic rings. The zero-order valence-electron chi connectivity index (χ0n) is 13.5. The quantitative estimate of drug-likeness (QED) is 0.679. The number of aromatic nitrogens is 2. The molecule has 0 bridgehead atoms. The summed E-state index contributed by atoms with van der Waals surface area (Å²) < 4.78 is 5.28. The summed E-state index contributed by atoms with van der Waals surface area (Å²) in [5.74, 6) is 1.66. The first-order valence-corrected chi connectivity index (χ1v) is 8.66. The van der Waals surface area contributed by atoms with Crippen LogP contribution in [0.1, 0.15) is 31.2 Å². The van der Waals surface area contributed by atoms with Gasteiger partial charge in [0.15, 0.2) is 16.9 Å². The van der Waals surface area contributed by atoms with E-state index in [4.69, 9.17) is 10.3 Å². The first-order valence-electron chi connectivity index (χ1n) is 7.78. The average Bonchev–Trinajstić information content (AvgIpc) is 3.24. The Balaban J connectivity index is 1.53. The van der Waals surface area contributed by atoms with Gasteiger partial charge in [-0.25, -0.2) is 9.98 Å². The fourth-order valence-corrected chi connectivity index (χ4v) is 3.13. The molecular formula is C15H22N6OS. The number of hydrogen-bond donors (Lipinski definition) is 1. The molecule has 0 atom stereocenters. The summed E-state index contributed by atoms with van der Waals surface area (Å²) in [5, 5.41) is 7.11. The lowest BCUT2D eigenvalue weighted by atomic mass is 10.1. The van der Waals surface area contributed by atoms with Gasteiger partial charge < -0.3 is 20.1 Å². The van der Waals surface area contributed by atoms with Crippen LogP contribution < -0.4 is 10.6 Å². The molecule has 0 radical (unpaired) electrons. The van der Waals surface area contributed by atoms with Gasteiger partial charge in [0.25, 0.3) is 0 Å². The highest BCUT2D eigenvalue weighted by atomic mass is 32.1. The minimum Gasteiger partial charge on any atom is -0.370 e. The van der Waals surface area contributed by atoms with Gasteiger partial charge >= 0.3 is 0 Å². The summed E-state index contributed by atoms with van der Waals surface area (Å²) in [6.07, 6.45) is 1.84. The van der Waals surface area contributed by atoms with Crippen molar-refractivity contribution < 1.29 is 4.52 Å². The zero-order chi connectivity index (χ0) is 16.2. The number of rotatable bonds is 4. The van der Waals surface area contributed by atoms with Crippen molar-refractivity contribution in [1.82, 2.24) is 15.0 Å². The van der Waals surface area contributed by atoms with Crippen LogP contribution in [0.3, 0.4) is 0 Å². The molecule has 2 aromatic rings. The van der Waals surface area contributed by atoms with Gasteiger partial charge in [0.2, 0.25) is 0 Å². The second-order valence-corrected chi connectivity index (χ2v) is 6.71. The van der Waals surface area contributed by atoms with Gasteiger partial charge in [-0.05, 0) is 5.92 Å². The number of thiazole rings is 1. The molecule has 8 heteroatoms. The van der Waals surface area contributed by atoms with E-state index in [1.165, 1.54) is 0 Å². The van der Waals surface area contributed by atoms with E-state index in [0.717, 1.165) is 42.8 Å². The van der Waals surface area contributed by atoms with Crippen molar-refractivity contribution in [2.75, 3.05) is 31.1 Å². The monoisotopic (exact) mass is 334 g/mol. The van der Waals surface area contributed by atoms with E-state index in [9.17, 15) is 0 Å². The summed E-state index contributed by atoms with van der Waals surface area (Å²) >= 11 is 1.67. The summed E-state index contributed by atoms with van der Waals surface area (Å²) in [5.41, 5.74) is 7.06. The van der Waals surface area contributed by atoms with Crippen molar-refractivity contribution in [2.45, 2.75) is 26.3 Å². The lowest BCUT2D eigenvalue weighted by molar-refractivity contribution is 0.368. The molecule has 0 spiro atoms. The maximum absolute atomic E-state index is 6.11. The lowest BCUT2D eigenvalue weighted by Crippen LogP contribution is -2.51. The molecule has 0 aliphatic carbocycles. The van der Waals surface area contributed by atoms with Crippen LogP contribution in [0.4, 0.5) is 5.13 Å². The second kappa shape index (κ2) is 6.99. The van der Waals surface area contributed by atoms with Crippen molar-refractivity contribution in [3.8, 4) is 0 Å². The van der Waals surface area contributed by atoms with Crippen LogP contribution in [0, 0.1) is 0 Å². The van der Waals surface area contributed by atoms with Crippen LogP contribution in [-0.4, -0.2) is 47.2 Å². The van der Waals surface area contributed by atoms with Gasteiger partial charge in [-0.3, -0.25) is 0 Å². The van der Waals surface area contributed by atoms with Crippen LogP contribution >= 0.6 is 11.3 Å². The van der Waals surface area contributed by atoms with Gasteiger partial charge in [0, 0.05) is 43.8 Å². The molecule has 0 saturated carbocycles. The molecule has 1 aliphatic heterocycles. The van der Waals surface area contributed by atoms with E-state index >= 15 is 0 Å². The predicted octanol–water partition coefficient (Wildman–Crippen LogP) is 1.89. The Morgan fingerprint density at radius 1 is 1.39 bits per heavy atom. The summed E-state index contributed by atoms with van der Waals surface area (Å²) in [7, 11) is 0. The Kier molecular flexibility index (Phi) is 4.80. The third kappa shape index (κ3) is 3.82. The number of nitrogens with two attached hydrogens (primary N) is 1. The Hall–Kier alpha value is -2.09. The minimum atomic E-state index is 0.354. The topological polar surface area (TPSA) is 83.8 Å². The van der Waals surface area contributed by atoms with Crippen molar-refractivity contribution in [3.63, 3.8) is 0 Å². The fraction of sp³-hybridized carbons (Fsp3) is 0.533. The van der Waals surface area contributed by atoms with E-state index in [1.54, 1.807) is 11.3 Å². The van der Waals surface area contributed by atoms with Gasteiger partial charge in [-0.2, -0.15) is 0 Å². The van der Waals surface area contributed by atoms with Crippen LogP contribution in [-0.2, 0) is 6.54 Å². The Morgan fingerprint density at radius 3 is 2.78 bits per heavy atom. The van der Waals surface area contributed by atoms with E-state index < -0.39 is 0 Å². The SMILES string of the molecule is CC(C)c1cc(CN=C(N)N2CCN(c3nccs3)CC2)on1. The molecule has 124 valence electrons. The third-order valence-corrected chi connectivity index (χ3v) is 4.69. The van der Waals surface area contributed by atoms with Crippen molar-refractivity contribution in [2.24, 2.45) is 10.7 Å². The van der Waals surface area contributed by atoms with Crippen molar-refractivity contribution in [3.05, 3.63) is 29.1 Å². The minimum absolute atomic E-state index is 0.354. The summed E-state index contributed by atoms with van der Waals surface area (Å²) in [6, 6.07) is 1.95. The van der Waals surface area contributed by atoms with Gasteiger partial charge in [-0.1, -0.05) is 19.0 Å². The largest absolute Gasteiger partial charge is 0.370 e. The van der Waals surface area contributed by atoms with Gasteiger partial charge in [0.05, 0.1) is 5.69 Å². The van der Waals surface area contributed by atoms with E-state index in [1.807, 2.05) is 17.6 Å². The van der Waals surface area contributed by atoms with Crippen LogP contribution in [0.25, 0.3) is 0 Å². The number of hydrogen-bond acceptors (Lipinski definition) is 6. The maximum atomic E-state index is 6.11. The van der Waals surface area contributed by atoms with E-state index in [0.29, 0.717) is 18.4 Å². The van der Waals surface area contributed by atoms with Crippen molar-refractivity contribution >= 4 is 22.4 Å². The fourth-order valence-electron chi connectivity index (χ4n) is 2.43. The molecule has 0 unspecified atom stereocenters. The van der Waals surface area contributed by atoms with E-state index in [2.05, 4.69) is 38.8 Å². The number of anilines is 1. The predicted molar refractivity (Wildman–Crippen MR) is 91.8 cm³/mol. The number of nitrogens with zero attached hydrogens (tertiary/aromatic N) is 5. The summed E-state index contributed by atoms with van der Waals surface area (Å²) in [6.45, 7) is 8.11. The smallest absolute Gasteiger partial charge is 0.191 e. The Morgan fingerprint density at radius 2 is 2.17 bits per heavy atom. The highest BCUT2D eigenvalue weighted by Crippen LogP contribution is 2.19. The summed E-state index contributed by atoms with van der Waals surface area (Å²) in [4.78, 5) is 13.2. The first kappa shape index (κ1) is 15.8. The molecule has 2 N–H and O–H groups in total. The van der Waals surface area contributed by atoms with Crippen LogP contribution in [0.5, 0.6) is 0 Å². The molecule has 7 nitrogen and oxygen atoms in total. The second-order valence-electron chi connectivity index (χ2n) is 5.84. The molecule has 3 heterocycles. The van der Waals surface area contributed by atoms with E-state index in [-0.39, 0.29) is 0 Å². The van der Waals surface area contributed by atoms with Gasteiger partial charge in [0.1, 0.15) is 6.54 Å². The van der Waals surface area contributed by atoms with Crippen molar-refractivity contribution in [1.29, 1.82) is 0 Å². The Labute approximate surface area is 139 Å². The molecule has 2 aromatic heterocycles. The number of aliphatic imine (C=N–C) groups is 1. The molecule has 1 fully saturated rings. The highest BCUT2D eigenvalue weighted by Gasteiger charge is 2.19. The molecular weight excluding hydrogens is 312 g/mol. The normalized spacial score (nSPS) is 16.4. The molecule has 3 rings (SSSR count). The molecule has 0 amide bonds. The third-order valence-electron chi connectivity index (χ3n) is 3.86. The molecule has 1 saturated heterocycles. The lowest BCUT2D eigenvalue weighted by Gasteiger charge is -2.35. The Bertz CT molecular complexity index is 643. The zero-order valence-corrected chi connectivity index (χ0v) is 14.3. The molecule has 23 heavy (non-hydrogen) atoms. The highest BCUT2D eigenvalue weighted by molar-refractivity contribution is 7.13. The first-order chi connectivity index (χ1) is 11.1. The van der Waals surface area contributed by atoms with Crippen LogP contribution in [0.2, 0.25) is 0 Å². The van der Waals surface area contributed by atoms with Crippen LogP contribution in [0.15, 0.2) is 27.2 Å². The average molecular weight is 334 g/mol. The molecule has 0 aromatic carbocycles. The standard InChI is InChI=1S/C15H22N6OS/c1-11(2)13-9-12(22-19-13)10-18-14(16)20-4-6-21(7-5-20)15-17-3-8-23-15/h3,8-9,11H,4-7,10H2,1-2H3,(H2,16,18).